The van der Waals surface area contributed by atoms with Crippen LogP contribution >= 0.6 is 0 Å². The highest BCUT2D eigenvalue weighted by atomic mass is 16.3. The van der Waals surface area contributed by atoms with Gasteiger partial charge in [-0.2, -0.15) is 5.10 Å². The highest BCUT2D eigenvalue weighted by Crippen LogP contribution is 2.42. The minimum atomic E-state index is -0.323. The fourth-order valence-electron chi connectivity index (χ4n) is 5.86. The molecule has 1 saturated carbocycles. The molecule has 3 aromatic rings. The van der Waals surface area contributed by atoms with Gasteiger partial charge in [-0.3, -0.25) is 4.90 Å². The number of rotatable bonds is 3. The first kappa shape index (κ1) is 17.4. The molecule has 1 aromatic heterocycles. The molecular formula is C24H26N4O. The van der Waals surface area contributed by atoms with Crippen LogP contribution in [-0.2, 0) is 13.0 Å². The van der Waals surface area contributed by atoms with E-state index in [-0.39, 0.29) is 12.1 Å². The number of aliphatic hydroxyl groups excluding tert-OH is 1. The molecule has 29 heavy (non-hydrogen) atoms. The van der Waals surface area contributed by atoms with Gasteiger partial charge in [0.25, 0.3) is 0 Å². The van der Waals surface area contributed by atoms with Gasteiger partial charge < -0.3 is 5.11 Å². The van der Waals surface area contributed by atoms with E-state index in [1.807, 2.05) is 4.68 Å². The third kappa shape index (κ3) is 3.00. The summed E-state index contributed by atoms with van der Waals surface area (Å²) < 4.78 is 1.85. The molecule has 0 spiro atoms. The number of hydrogen-bond acceptors (Lipinski definition) is 4. The van der Waals surface area contributed by atoms with Gasteiger partial charge in [0.1, 0.15) is 12.7 Å². The number of benzene rings is 2. The normalized spacial score (nSPS) is 28.2. The van der Waals surface area contributed by atoms with E-state index in [9.17, 15) is 5.11 Å². The summed E-state index contributed by atoms with van der Waals surface area (Å²) in [5.41, 5.74) is 7.11. The maximum absolute atomic E-state index is 10.6. The van der Waals surface area contributed by atoms with Crippen LogP contribution < -0.4 is 0 Å². The van der Waals surface area contributed by atoms with Crippen molar-refractivity contribution in [3.05, 3.63) is 71.8 Å². The van der Waals surface area contributed by atoms with Crippen molar-refractivity contribution in [1.82, 2.24) is 19.7 Å². The average molecular weight is 386 g/mol. The van der Waals surface area contributed by atoms with Crippen molar-refractivity contribution >= 4 is 0 Å². The van der Waals surface area contributed by atoms with Crippen LogP contribution in [0.1, 0.15) is 35.6 Å². The fraction of sp³-hybridized carbons (Fsp3) is 0.417. The minimum absolute atomic E-state index is 0.0669. The lowest BCUT2D eigenvalue weighted by atomic mass is 9.77. The average Bonchev–Trinajstić information content (AvgIpc) is 3.44. The Kier molecular flexibility index (Phi) is 4.06. The Balaban J connectivity index is 1.16. The first-order valence-corrected chi connectivity index (χ1v) is 10.7. The number of hydrogen-bond donors (Lipinski definition) is 1. The standard InChI is InChI=1S/C24H26N4O/c29-24-10-20-13-27(12-19(20)9-23(24)28-15-25-14-26-28)11-16-5-6-22-18(7-16)8-17-3-1-2-4-21(17)22/h1-7,14-15,19-20,23-24,29H,8-13H2/t19-,20+,23-,24-/m1/s1. The van der Waals surface area contributed by atoms with Crippen LogP contribution in [0.25, 0.3) is 11.1 Å². The zero-order valence-electron chi connectivity index (χ0n) is 16.5. The summed E-state index contributed by atoms with van der Waals surface area (Å²) in [6, 6.07) is 15.8. The number of likely N-dealkylation sites (tertiary alicyclic amines) is 1. The molecule has 0 amide bonds. The molecule has 4 atom stereocenters. The molecule has 148 valence electrons. The number of aliphatic hydroxyl groups is 1. The molecule has 1 saturated heterocycles. The van der Waals surface area contributed by atoms with Crippen molar-refractivity contribution in [1.29, 1.82) is 0 Å². The van der Waals surface area contributed by atoms with Crippen molar-refractivity contribution in [2.45, 2.75) is 38.0 Å². The summed E-state index contributed by atoms with van der Waals surface area (Å²) in [6.07, 6.45) is 5.89. The third-order valence-electron chi connectivity index (χ3n) is 7.23. The van der Waals surface area contributed by atoms with Crippen LogP contribution in [0.3, 0.4) is 0 Å². The minimum Gasteiger partial charge on any atom is -0.391 e. The zero-order valence-corrected chi connectivity index (χ0v) is 16.5. The van der Waals surface area contributed by atoms with Crippen LogP contribution in [0.2, 0.25) is 0 Å². The topological polar surface area (TPSA) is 54.2 Å². The first-order valence-electron chi connectivity index (χ1n) is 10.7. The molecule has 0 radical (unpaired) electrons. The van der Waals surface area contributed by atoms with Gasteiger partial charge in [0.15, 0.2) is 0 Å². The van der Waals surface area contributed by atoms with Gasteiger partial charge in [-0.1, -0.05) is 42.5 Å². The number of nitrogens with zero attached hydrogens (tertiary/aromatic N) is 4. The van der Waals surface area contributed by atoms with Crippen LogP contribution in [0, 0.1) is 11.8 Å². The maximum Gasteiger partial charge on any atom is 0.137 e. The molecule has 5 nitrogen and oxygen atoms in total. The summed E-state index contributed by atoms with van der Waals surface area (Å²) in [6.45, 7) is 3.20. The van der Waals surface area contributed by atoms with Crippen molar-refractivity contribution in [3.63, 3.8) is 0 Å². The predicted octanol–water partition coefficient (Wildman–Crippen LogP) is 3.29. The Morgan fingerprint density at radius 1 is 0.966 bits per heavy atom. The molecule has 2 fully saturated rings. The second kappa shape index (κ2) is 6.78. The Hall–Kier alpha value is -2.50. The molecule has 5 heteroatoms. The summed E-state index contributed by atoms with van der Waals surface area (Å²) >= 11 is 0. The van der Waals surface area contributed by atoms with E-state index < -0.39 is 0 Å². The Morgan fingerprint density at radius 2 is 1.79 bits per heavy atom. The van der Waals surface area contributed by atoms with E-state index in [0.717, 1.165) is 38.9 Å². The van der Waals surface area contributed by atoms with Gasteiger partial charge >= 0.3 is 0 Å². The Morgan fingerprint density at radius 3 is 2.66 bits per heavy atom. The van der Waals surface area contributed by atoms with E-state index in [0.29, 0.717) is 11.8 Å². The van der Waals surface area contributed by atoms with Crippen LogP contribution in [0.5, 0.6) is 0 Å². The maximum atomic E-state index is 10.6. The summed E-state index contributed by atoms with van der Waals surface area (Å²) in [4.78, 5) is 6.64. The van der Waals surface area contributed by atoms with Crippen LogP contribution in [0.15, 0.2) is 55.1 Å². The van der Waals surface area contributed by atoms with E-state index >= 15 is 0 Å². The molecule has 3 aliphatic rings. The van der Waals surface area contributed by atoms with E-state index in [4.69, 9.17) is 0 Å². The molecule has 2 aliphatic carbocycles. The van der Waals surface area contributed by atoms with Gasteiger partial charge in [-0.05, 0) is 58.9 Å². The smallest absolute Gasteiger partial charge is 0.137 e. The first-order chi connectivity index (χ1) is 14.2. The molecule has 0 bridgehead atoms. The fourth-order valence-corrected chi connectivity index (χ4v) is 5.86. The largest absolute Gasteiger partial charge is 0.391 e. The van der Waals surface area contributed by atoms with Crippen molar-refractivity contribution in [2.24, 2.45) is 11.8 Å². The second-order valence-corrected chi connectivity index (χ2v) is 9.02. The van der Waals surface area contributed by atoms with Crippen molar-refractivity contribution < 1.29 is 5.11 Å². The summed E-state index contributed by atoms with van der Waals surface area (Å²) in [5, 5.41) is 14.9. The van der Waals surface area contributed by atoms with Crippen LogP contribution in [-0.4, -0.2) is 44.0 Å². The highest BCUT2D eigenvalue weighted by Gasteiger charge is 2.42. The molecular weight excluding hydrogens is 360 g/mol. The molecule has 1 N–H and O–H groups in total. The monoisotopic (exact) mass is 386 g/mol. The molecule has 2 aromatic carbocycles. The lowest BCUT2D eigenvalue weighted by Crippen LogP contribution is -2.36. The number of aromatic nitrogens is 3. The lowest BCUT2D eigenvalue weighted by Gasteiger charge is -2.35. The SMILES string of the molecule is O[C@@H]1C[C@H]2CN(Cc3ccc4c(c3)Cc3ccccc3-4)C[C@H]2C[C@H]1n1cncn1. The van der Waals surface area contributed by atoms with Gasteiger partial charge in [0.05, 0.1) is 12.1 Å². The quantitative estimate of drug-likeness (QED) is 0.587. The van der Waals surface area contributed by atoms with Crippen molar-refractivity contribution in [2.75, 3.05) is 13.1 Å². The lowest BCUT2D eigenvalue weighted by molar-refractivity contribution is 0.0304. The summed E-state index contributed by atoms with van der Waals surface area (Å²) in [5.74, 6) is 1.22. The summed E-state index contributed by atoms with van der Waals surface area (Å²) in [7, 11) is 0. The van der Waals surface area contributed by atoms with Gasteiger partial charge in [-0.15, -0.1) is 0 Å². The van der Waals surface area contributed by atoms with Gasteiger partial charge in [0.2, 0.25) is 0 Å². The highest BCUT2D eigenvalue weighted by molar-refractivity contribution is 5.76. The van der Waals surface area contributed by atoms with Crippen molar-refractivity contribution in [3.8, 4) is 11.1 Å². The second-order valence-electron chi connectivity index (χ2n) is 9.02. The van der Waals surface area contributed by atoms with E-state index in [1.54, 1.807) is 12.7 Å². The van der Waals surface area contributed by atoms with E-state index in [2.05, 4.69) is 57.4 Å². The van der Waals surface area contributed by atoms with E-state index in [1.165, 1.54) is 27.8 Å². The molecule has 6 rings (SSSR count). The molecule has 2 heterocycles. The third-order valence-corrected chi connectivity index (χ3v) is 7.23. The number of fused-ring (bicyclic) bond motifs is 4. The molecule has 1 aliphatic heterocycles. The zero-order chi connectivity index (χ0) is 19.4. The van der Waals surface area contributed by atoms with Gasteiger partial charge in [0, 0.05) is 19.6 Å². The Bertz CT molecular complexity index is 1030. The van der Waals surface area contributed by atoms with Gasteiger partial charge in [-0.25, -0.2) is 9.67 Å². The van der Waals surface area contributed by atoms with Crippen LogP contribution in [0.4, 0.5) is 0 Å². The predicted molar refractivity (Wildman–Crippen MR) is 111 cm³/mol. The Labute approximate surface area is 171 Å². The molecule has 0 unspecified atom stereocenters.